The fourth-order valence-corrected chi connectivity index (χ4v) is 1.47. The van der Waals surface area contributed by atoms with Gasteiger partial charge in [0.25, 0.3) is 5.56 Å². The molecule has 3 N–H and O–H groups in total. The number of carbonyl (C=O) groups is 1. The summed E-state index contributed by atoms with van der Waals surface area (Å²) in [6.45, 7) is -0.469. The van der Waals surface area contributed by atoms with Crippen LogP contribution in [0.4, 0.5) is 0 Å². The molecule has 0 bridgehead atoms. The molecule has 0 aromatic carbocycles. The van der Waals surface area contributed by atoms with Gasteiger partial charge >= 0.3 is 5.97 Å². The van der Waals surface area contributed by atoms with Crippen LogP contribution in [0.3, 0.4) is 0 Å². The molecule has 0 radical (unpaired) electrons. The van der Waals surface area contributed by atoms with Crippen LogP contribution in [0, 0.1) is 4.77 Å². The summed E-state index contributed by atoms with van der Waals surface area (Å²) in [5.41, 5.74) is 0.0464. The molecule has 0 spiro atoms. The molecular formula is C7H6N4O3S. The van der Waals surface area contributed by atoms with E-state index < -0.39 is 18.1 Å². The highest BCUT2D eigenvalue weighted by Gasteiger charge is 2.09. The Hall–Kier alpha value is -1.96. The molecule has 0 aliphatic rings. The van der Waals surface area contributed by atoms with E-state index >= 15 is 0 Å². The standard InChI is InChI=1S/C7H6N4O3S/c12-3(13)1-11-6(14)4-5(9-2-8-4)10-7(11)15/h2H,1H2,(H,8,9)(H,10,15)(H,12,13). The Labute approximate surface area is 87.4 Å². The van der Waals surface area contributed by atoms with Gasteiger partial charge in [0.15, 0.2) is 10.4 Å². The smallest absolute Gasteiger partial charge is 0.323 e. The highest BCUT2D eigenvalue weighted by molar-refractivity contribution is 7.71. The Morgan fingerprint density at radius 3 is 3.07 bits per heavy atom. The summed E-state index contributed by atoms with van der Waals surface area (Å²) < 4.78 is 1.00. The number of H-pyrrole nitrogens is 2. The monoisotopic (exact) mass is 226 g/mol. The van der Waals surface area contributed by atoms with Crippen LogP contribution in [0.15, 0.2) is 11.1 Å². The fourth-order valence-electron chi connectivity index (χ4n) is 1.23. The van der Waals surface area contributed by atoms with Crippen molar-refractivity contribution < 1.29 is 9.90 Å². The number of hydrogen-bond donors (Lipinski definition) is 3. The molecule has 0 fully saturated rings. The minimum atomic E-state index is -1.13. The zero-order valence-electron chi connectivity index (χ0n) is 7.35. The molecule has 0 atom stereocenters. The molecular weight excluding hydrogens is 220 g/mol. The van der Waals surface area contributed by atoms with Gasteiger partial charge in [0.05, 0.1) is 6.33 Å². The molecule has 0 aliphatic heterocycles. The second-order valence-electron chi connectivity index (χ2n) is 2.84. The van der Waals surface area contributed by atoms with Crippen molar-refractivity contribution in [3.8, 4) is 0 Å². The number of nitrogens with one attached hydrogen (secondary N) is 2. The lowest BCUT2D eigenvalue weighted by molar-refractivity contribution is -0.137. The van der Waals surface area contributed by atoms with Crippen molar-refractivity contribution in [3.63, 3.8) is 0 Å². The SMILES string of the molecule is O=C(O)Cn1c(=S)[nH]c2nc[nH]c2c1=O. The number of carboxylic acid groups (broad SMARTS) is 1. The van der Waals surface area contributed by atoms with Crippen molar-refractivity contribution in [2.24, 2.45) is 0 Å². The van der Waals surface area contributed by atoms with Crippen LogP contribution in [-0.2, 0) is 11.3 Å². The van der Waals surface area contributed by atoms with E-state index in [1.807, 2.05) is 0 Å². The molecule has 0 amide bonds. The van der Waals surface area contributed by atoms with Gasteiger partial charge < -0.3 is 15.1 Å². The van der Waals surface area contributed by atoms with E-state index in [0.29, 0.717) is 5.65 Å². The summed E-state index contributed by atoms with van der Waals surface area (Å²) in [4.78, 5) is 31.3. The van der Waals surface area contributed by atoms with Gasteiger partial charge in [-0.2, -0.15) is 0 Å². The van der Waals surface area contributed by atoms with Crippen molar-refractivity contribution in [1.82, 2.24) is 19.5 Å². The average molecular weight is 226 g/mol. The Balaban J connectivity index is 2.78. The number of hydrogen-bond acceptors (Lipinski definition) is 4. The van der Waals surface area contributed by atoms with Gasteiger partial charge in [0, 0.05) is 0 Å². The summed E-state index contributed by atoms with van der Waals surface area (Å²) >= 11 is 4.84. The molecule has 2 heterocycles. The van der Waals surface area contributed by atoms with Gasteiger partial charge in [-0.3, -0.25) is 14.2 Å². The fraction of sp³-hybridized carbons (Fsp3) is 0.143. The Morgan fingerprint density at radius 2 is 2.40 bits per heavy atom. The summed E-state index contributed by atoms with van der Waals surface area (Å²) in [7, 11) is 0. The number of nitrogens with zero attached hydrogens (tertiary/aromatic N) is 2. The van der Waals surface area contributed by atoms with Crippen LogP contribution in [0.25, 0.3) is 11.2 Å². The van der Waals surface area contributed by atoms with E-state index in [2.05, 4.69) is 15.0 Å². The number of fused-ring (bicyclic) bond motifs is 1. The van der Waals surface area contributed by atoms with E-state index in [0.717, 1.165) is 4.57 Å². The van der Waals surface area contributed by atoms with E-state index in [-0.39, 0.29) is 10.3 Å². The van der Waals surface area contributed by atoms with Gasteiger partial charge in [-0.15, -0.1) is 0 Å². The maximum atomic E-state index is 11.7. The lowest BCUT2D eigenvalue weighted by Crippen LogP contribution is -2.25. The first kappa shape index (κ1) is 9.59. The van der Waals surface area contributed by atoms with Crippen molar-refractivity contribution in [2.45, 2.75) is 6.54 Å². The minimum Gasteiger partial charge on any atom is -0.480 e. The third kappa shape index (κ3) is 1.54. The van der Waals surface area contributed by atoms with Crippen LogP contribution in [0.5, 0.6) is 0 Å². The molecule has 15 heavy (non-hydrogen) atoms. The molecule has 7 nitrogen and oxygen atoms in total. The molecule has 0 saturated carbocycles. The number of aromatic nitrogens is 4. The minimum absolute atomic E-state index is 0.0435. The molecule has 0 unspecified atom stereocenters. The van der Waals surface area contributed by atoms with E-state index in [1.54, 1.807) is 0 Å². The van der Waals surface area contributed by atoms with Crippen molar-refractivity contribution >= 4 is 29.4 Å². The van der Waals surface area contributed by atoms with Crippen LogP contribution in [0.1, 0.15) is 0 Å². The third-order valence-corrected chi connectivity index (χ3v) is 2.18. The van der Waals surface area contributed by atoms with Gasteiger partial charge in [0.1, 0.15) is 12.1 Å². The predicted octanol–water partition coefficient (Wildman–Crippen LogP) is -0.133. The molecule has 2 rings (SSSR count). The van der Waals surface area contributed by atoms with Gasteiger partial charge in [0.2, 0.25) is 0 Å². The van der Waals surface area contributed by atoms with Gasteiger partial charge in [-0.05, 0) is 12.2 Å². The molecule has 2 aromatic heterocycles. The van der Waals surface area contributed by atoms with Gasteiger partial charge in [-0.25, -0.2) is 4.98 Å². The lowest BCUT2D eigenvalue weighted by atomic mass is 10.5. The topological polar surface area (TPSA) is 104 Å². The number of imidazole rings is 1. The van der Waals surface area contributed by atoms with Crippen molar-refractivity contribution in [1.29, 1.82) is 0 Å². The normalized spacial score (nSPS) is 10.7. The van der Waals surface area contributed by atoms with Crippen molar-refractivity contribution in [3.05, 3.63) is 21.5 Å². The van der Waals surface area contributed by atoms with Crippen LogP contribution in [0.2, 0.25) is 0 Å². The number of aliphatic carboxylic acids is 1. The predicted molar refractivity (Wildman–Crippen MR) is 53.2 cm³/mol. The summed E-state index contributed by atoms with van der Waals surface area (Å²) in [6, 6.07) is 0. The summed E-state index contributed by atoms with van der Waals surface area (Å²) in [5, 5.41) is 8.59. The first-order valence-corrected chi connectivity index (χ1v) is 4.38. The Morgan fingerprint density at radius 1 is 1.67 bits per heavy atom. The Kier molecular flexibility index (Phi) is 2.12. The molecule has 8 heteroatoms. The van der Waals surface area contributed by atoms with Crippen molar-refractivity contribution in [2.75, 3.05) is 0 Å². The van der Waals surface area contributed by atoms with E-state index in [4.69, 9.17) is 17.3 Å². The third-order valence-electron chi connectivity index (χ3n) is 1.86. The number of carboxylic acids is 1. The second kappa shape index (κ2) is 3.31. The van der Waals surface area contributed by atoms with Gasteiger partial charge in [-0.1, -0.05) is 0 Å². The quantitative estimate of drug-likeness (QED) is 0.618. The van der Waals surface area contributed by atoms with Crippen LogP contribution < -0.4 is 5.56 Å². The maximum absolute atomic E-state index is 11.7. The molecule has 78 valence electrons. The van der Waals surface area contributed by atoms with Crippen LogP contribution in [-0.4, -0.2) is 30.6 Å². The number of aromatic amines is 2. The number of rotatable bonds is 2. The average Bonchev–Trinajstić information content (AvgIpc) is 2.59. The second-order valence-corrected chi connectivity index (χ2v) is 3.23. The maximum Gasteiger partial charge on any atom is 0.323 e. The highest BCUT2D eigenvalue weighted by Crippen LogP contribution is 1.99. The van der Waals surface area contributed by atoms with E-state index in [1.165, 1.54) is 6.33 Å². The summed E-state index contributed by atoms with van der Waals surface area (Å²) in [5.74, 6) is -1.13. The zero-order valence-corrected chi connectivity index (χ0v) is 8.17. The highest BCUT2D eigenvalue weighted by atomic mass is 32.1. The van der Waals surface area contributed by atoms with E-state index in [9.17, 15) is 9.59 Å². The summed E-state index contributed by atoms with van der Waals surface area (Å²) in [6.07, 6.45) is 1.34. The first-order valence-electron chi connectivity index (χ1n) is 3.97. The zero-order chi connectivity index (χ0) is 11.0. The Bertz CT molecular complexity index is 637. The largest absolute Gasteiger partial charge is 0.480 e. The van der Waals surface area contributed by atoms with Crippen LogP contribution >= 0.6 is 12.2 Å². The lowest BCUT2D eigenvalue weighted by Gasteiger charge is -2.01. The molecule has 0 saturated heterocycles. The molecule has 0 aliphatic carbocycles. The molecule has 2 aromatic rings. The first-order chi connectivity index (χ1) is 7.09.